The number of carbonyl (C=O) groups is 4. The molecule has 166 valence electrons. The molecule has 2 aliphatic rings. The van der Waals surface area contributed by atoms with Crippen molar-refractivity contribution in [3.63, 3.8) is 0 Å². The van der Waals surface area contributed by atoms with E-state index in [4.69, 9.17) is 11.6 Å². The fraction of sp³-hybridized carbons (Fsp3) is 0.304. The highest BCUT2D eigenvalue weighted by atomic mass is 35.5. The van der Waals surface area contributed by atoms with E-state index in [0.29, 0.717) is 17.1 Å². The molecule has 1 aliphatic heterocycles. The fourth-order valence-electron chi connectivity index (χ4n) is 4.27. The van der Waals surface area contributed by atoms with Crippen molar-refractivity contribution in [3.05, 3.63) is 64.7 Å². The smallest absolute Gasteiger partial charge is 0.325 e. The molecule has 1 heterocycles. The molecule has 9 heteroatoms. The summed E-state index contributed by atoms with van der Waals surface area (Å²) >= 11 is 6.04. The third kappa shape index (κ3) is 3.93. The molecule has 0 radical (unpaired) electrons. The summed E-state index contributed by atoms with van der Waals surface area (Å²) in [7, 11) is 1.44. The Morgan fingerprint density at radius 2 is 1.88 bits per heavy atom. The van der Waals surface area contributed by atoms with Gasteiger partial charge in [0.1, 0.15) is 12.1 Å². The number of hydrogen-bond donors (Lipinski definition) is 2. The number of carbonyl (C=O) groups excluding carboxylic acids is 4. The summed E-state index contributed by atoms with van der Waals surface area (Å²) in [6, 6.07) is 13.7. The molecule has 1 unspecified atom stereocenters. The zero-order chi connectivity index (χ0) is 22.9. The predicted octanol–water partition coefficient (Wildman–Crippen LogP) is 2.52. The van der Waals surface area contributed by atoms with Gasteiger partial charge in [0.05, 0.1) is 17.3 Å². The van der Waals surface area contributed by atoms with Crippen molar-refractivity contribution < 1.29 is 19.2 Å². The van der Waals surface area contributed by atoms with Gasteiger partial charge in [-0.25, -0.2) is 4.79 Å². The van der Waals surface area contributed by atoms with E-state index < -0.39 is 35.8 Å². The molecule has 32 heavy (non-hydrogen) atoms. The van der Waals surface area contributed by atoms with E-state index >= 15 is 0 Å². The summed E-state index contributed by atoms with van der Waals surface area (Å²) in [6.45, 7) is -0.688. The summed E-state index contributed by atoms with van der Waals surface area (Å²) in [5, 5.41) is 5.84. The Balaban J connectivity index is 1.42. The number of likely N-dealkylation sites (N-methyl/N-ethyl adjacent to an activating group) is 1. The third-order valence-corrected chi connectivity index (χ3v) is 6.23. The first kappa shape index (κ1) is 21.8. The second-order valence-electron chi connectivity index (χ2n) is 8.02. The number of para-hydroxylation sites is 1. The monoisotopic (exact) mass is 454 g/mol. The Bertz CT molecular complexity index is 1100. The average Bonchev–Trinajstić information content (AvgIpc) is 3.00. The Labute approximate surface area is 190 Å². The van der Waals surface area contributed by atoms with Gasteiger partial charge in [-0.2, -0.15) is 0 Å². The number of nitrogens with one attached hydrogen (secondary N) is 2. The van der Waals surface area contributed by atoms with Gasteiger partial charge in [-0.3, -0.25) is 19.3 Å². The standard InChI is InChI=1S/C23H23ClN4O4/c1-27(13-19(29)25-18-11-5-4-10-17(18)24)20(30)14-28-21(31)23(26-22(28)32)12-6-8-15-7-2-3-9-16(15)23/h2-5,7,9-11H,6,8,12-14H2,1H3,(H,25,29)(H,26,32). The van der Waals surface area contributed by atoms with Crippen LogP contribution in [0.4, 0.5) is 10.5 Å². The lowest BCUT2D eigenvalue weighted by atomic mass is 9.76. The summed E-state index contributed by atoms with van der Waals surface area (Å²) in [6.07, 6.45) is 2.07. The van der Waals surface area contributed by atoms with Crippen LogP contribution in [0.15, 0.2) is 48.5 Å². The van der Waals surface area contributed by atoms with Gasteiger partial charge in [0.15, 0.2) is 0 Å². The van der Waals surface area contributed by atoms with E-state index in [9.17, 15) is 19.2 Å². The van der Waals surface area contributed by atoms with Crippen LogP contribution in [-0.2, 0) is 26.3 Å². The van der Waals surface area contributed by atoms with Gasteiger partial charge in [-0.15, -0.1) is 0 Å². The van der Waals surface area contributed by atoms with E-state index in [-0.39, 0.29) is 6.54 Å². The first-order chi connectivity index (χ1) is 15.3. The van der Waals surface area contributed by atoms with E-state index in [2.05, 4.69) is 10.6 Å². The zero-order valence-electron chi connectivity index (χ0n) is 17.6. The van der Waals surface area contributed by atoms with Crippen LogP contribution in [0.1, 0.15) is 24.0 Å². The molecule has 2 aromatic carbocycles. The number of rotatable bonds is 5. The number of fused-ring (bicyclic) bond motifs is 2. The fourth-order valence-corrected chi connectivity index (χ4v) is 4.45. The number of urea groups is 1. The molecule has 0 bridgehead atoms. The minimum absolute atomic E-state index is 0.248. The van der Waals surface area contributed by atoms with Crippen molar-refractivity contribution in [1.82, 2.24) is 15.1 Å². The van der Waals surface area contributed by atoms with Crippen molar-refractivity contribution in [2.45, 2.75) is 24.8 Å². The Morgan fingerprint density at radius 3 is 2.66 bits per heavy atom. The molecule has 1 atom stereocenters. The highest BCUT2D eigenvalue weighted by molar-refractivity contribution is 6.33. The third-order valence-electron chi connectivity index (χ3n) is 5.90. The first-order valence-electron chi connectivity index (χ1n) is 10.3. The number of aryl methyl sites for hydroxylation is 1. The minimum Gasteiger partial charge on any atom is -0.335 e. The van der Waals surface area contributed by atoms with Crippen LogP contribution in [0.5, 0.6) is 0 Å². The van der Waals surface area contributed by atoms with Crippen LogP contribution in [-0.4, -0.2) is 53.7 Å². The summed E-state index contributed by atoms with van der Waals surface area (Å²) in [5.74, 6) is -1.40. The second-order valence-corrected chi connectivity index (χ2v) is 8.42. The number of imide groups is 1. The van der Waals surface area contributed by atoms with Gasteiger partial charge in [0.25, 0.3) is 5.91 Å². The molecule has 1 spiro atoms. The molecule has 0 aromatic heterocycles. The molecule has 0 saturated carbocycles. The van der Waals surface area contributed by atoms with Crippen LogP contribution in [0, 0.1) is 0 Å². The van der Waals surface area contributed by atoms with Crippen molar-refractivity contribution in [1.29, 1.82) is 0 Å². The van der Waals surface area contributed by atoms with Gasteiger partial charge in [0, 0.05) is 7.05 Å². The maximum atomic E-state index is 13.3. The summed E-state index contributed by atoms with van der Waals surface area (Å²) in [4.78, 5) is 53.1. The van der Waals surface area contributed by atoms with E-state index in [1.54, 1.807) is 24.3 Å². The Hall–Kier alpha value is -3.39. The normalized spacial score (nSPS) is 19.5. The Kier molecular flexibility index (Phi) is 5.88. The highest BCUT2D eigenvalue weighted by Crippen LogP contribution is 2.39. The van der Waals surface area contributed by atoms with Gasteiger partial charge >= 0.3 is 6.03 Å². The maximum Gasteiger partial charge on any atom is 0.325 e. The predicted molar refractivity (Wildman–Crippen MR) is 119 cm³/mol. The maximum absolute atomic E-state index is 13.3. The molecule has 4 rings (SSSR count). The van der Waals surface area contributed by atoms with E-state index in [0.717, 1.165) is 28.9 Å². The van der Waals surface area contributed by atoms with Crippen molar-refractivity contribution in [2.75, 3.05) is 25.5 Å². The highest BCUT2D eigenvalue weighted by Gasteiger charge is 2.54. The van der Waals surface area contributed by atoms with Crippen LogP contribution in [0.25, 0.3) is 0 Å². The quantitative estimate of drug-likeness (QED) is 0.678. The van der Waals surface area contributed by atoms with Gasteiger partial charge in [0.2, 0.25) is 11.8 Å². The molecular weight excluding hydrogens is 432 g/mol. The molecule has 1 aliphatic carbocycles. The molecule has 2 N–H and O–H groups in total. The average molecular weight is 455 g/mol. The van der Waals surface area contributed by atoms with Crippen LogP contribution >= 0.6 is 11.6 Å². The van der Waals surface area contributed by atoms with E-state index in [1.807, 2.05) is 24.3 Å². The van der Waals surface area contributed by atoms with Crippen LogP contribution in [0.2, 0.25) is 5.02 Å². The number of nitrogens with zero attached hydrogens (tertiary/aromatic N) is 2. The summed E-state index contributed by atoms with van der Waals surface area (Å²) < 4.78 is 0. The number of hydrogen-bond acceptors (Lipinski definition) is 4. The largest absolute Gasteiger partial charge is 0.335 e. The Morgan fingerprint density at radius 1 is 1.16 bits per heavy atom. The number of halogens is 1. The number of benzene rings is 2. The zero-order valence-corrected chi connectivity index (χ0v) is 18.3. The molecule has 5 amide bonds. The SMILES string of the molecule is CN(CC(=O)Nc1ccccc1Cl)C(=O)CN1C(=O)NC2(CCCc3ccccc32)C1=O. The van der Waals surface area contributed by atoms with Crippen LogP contribution in [0.3, 0.4) is 0 Å². The van der Waals surface area contributed by atoms with Gasteiger partial charge in [-0.1, -0.05) is 48.0 Å². The molecule has 8 nitrogen and oxygen atoms in total. The van der Waals surface area contributed by atoms with Gasteiger partial charge < -0.3 is 15.5 Å². The van der Waals surface area contributed by atoms with E-state index in [1.165, 1.54) is 11.9 Å². The number of amides is 5. The van der Waals surface area contributed by atoms with Crippen LogP contribution < -0.4 is 10.6 Å². The second kappa shape index (κ2) is 8.63. The van der Waals surface area contributed by atoms with Gasteiger partial charge in [-0.05, 0) is 42.5 Å². The molecule has 1 saturated heterocycles. The lowest BCUT2D eigenvalue weighted by molar-refractivity contribution is -0.139. The minimum atomic E-state index is -1.13. The van der Waals surface area contributed by atoms with Crippen molar-refractivity contribution >= 4 is 41.0 Å². The first-order valence-corrected chi connectivity index (χ1v) is 10.7. The number of anilines is 1. The molecular formula is C23H23ClN4O4. The topological polar surface area (TPSA) is 98.8 Å². The lowest BCUT2D eigenvalue weighted by Crippen LogP contribution is -2.47. The lowest BCUT2D eigenvalue weighted by Gasteiger charge is -2.33. The molecule has 1 fully saturated rings. The molecule has 2 aromatic rings. The van der Waals surface area contributed by atoms with Crippen molar-refractivity contribution in [2.24, 2.45) is 0 Å². The summed E-state index contributed by atoms with van der Waals surface area (Å²) in [5.41, 5.74) is 1.11. The van der Waals surface area contributed by atoms with Crippen molar-refractivity contribution in [3.8, 4) is 0 Å².